The molecule has 16 rings (SSSR count). The van der Waals surface area contributed by atoms with Crippen molar-refractivity contribution in [3.05, 3.63) is 261 Å². The molecule has 11 aromatic heterocycles. The van der Waals surface area contributed by atoms with Crippen LogP contribution in [0.4, 0.5) is 0 Å². The smallest absolute Gasteiger partial charge is 0.282 e. The van der Waals surface area contributed by atoms with Crippen LogP contribution in [0.2, 0.25) is 5.02 Å². The Balaban J connectivity index is 0.000000105. The average molecular weight is 1330 g/mol. The summed E-state index contributed by atoms with van der Waals surface area (Å²) in [6, 6.07) is 45.0. The Labute approximate surface area is 507 Å². The molecule has 0 bridgehead atoms. The first-order valence-corrected chi connectivity index (χ1v) is 28.7. The number of rotatable bonds is 4. The molecule has 0 aliphatic rings. The van der Waals surface area contributed by atoms with Gasteiger partial charge in [0.2, 0.25) is 0 Å². The van der Waals surface area contributed by atoms with Gasteiger partial charge >= 0.3 is 0 Å². The second kappa shape index (κ2) is 22.6. The maximum atomic E-state index is 12.6. The van der Waals surface area contributed by atoms with Crippen molar-refractivity contribution in [1.82, 2.24) is 74.0 Å². The number of benzene rings is 5. The van der Waals surface area contributed by atoms with Crippen LogP contribution in [0.5, 0.6) is 0 Å². The number of nitrogens with zero attached hydrogens (tertiary/aromatic N) is 11. The Kier molecular flexibility index (Phi) is 14.4. The standard InChI is InChI=1S/C16H10BrN3O.C16H11ClN4O.2C15H9BrN4O/c17-10-6-7-12-14(8-10)18-9-13-15(12)19-20(16(13)21)11-4-2-1-3-5-11;1-9-6-11(4-5-18-9)21-16(22)13-8-19-14-3-2-10(17)7-12(14)15(13)20-21;16-9-1-2-11-13(7-9)18-8-12-14(11)19-20(15(12)21)10-3-5-17-6-4-10;16-9-4-5-10-12(7-9)18-8-11-14(10)19-20(15(11)21)13-3-1-2-6-17-13/h1-9,19H;2-8,20H,1H3;2*1-8,19H. The molecule has 0 saturated heterocycles. The topological polar surface area (TPSA) is 241 Å². The van der Waals surface area contributed by atoms with E-state index < -0.39 is 0 Å². The summed E-state index contributed by atoms with van der Waals surface area (Å²) >= 11 is 16.4. The molecule has 0 amide bonds. The Morgan fingerprint density at radius 2 is 0.800 bits per heavy atom. The molecular formula is C62H39Br3ClN15O4. The number of aryl methyl sites for hydroxylation is 1. The van der Waals surface area contributed by atoms with Crippen molar-refractivity contribution in [2.75, 3.05) is 0 Å². The van der Waals surface area contributed by atoms with Crippen LogP contribution in [0.3, 0.4) is 0 Å². The van der Waals surface area contributed by atoms with Gasteiger partial charge in [0, 0.05) is 95.3 Å². The monoisotopic (exact) mass is 1330 g/mol. The largest absolute Gasteiger partial charge is 0.290 e. The summed E-state index contributed by atoms with van der Waals surface area (Å²) in [5.41, 5.74) is 9.02. The van der Waals surface area contributed by atoms with Crippen LogP contribution in [0.1, 0.15) is 5.69 Å². The number of halogens is 4. The predicted octanol–water partition coefficient (Wildman–Crippen LogP) is 12.9. The Morgan fingerprint density at radius 3 is 1.29 bits per heavy atom. The van der Waals surface area contributed by atoms with Crippen LogP contribution in [0.15, 0.2) is 228 Å². The third kappa shape index (κ3) is 10.4. The molecule has 0 unspecified atom stereocenters. The average Bonchev–Trinajstić information content (AvgIpc) is 2.42. The van der Waals surface area contributed by atoms with Gasteiger partial charge in [-0.05, 0) is 128 Å². The predicted molar refractivity (Wildman–Crippen MR) is 343 cm³/mol. The fraction of sp³-hybridized carbons (Fsp3) is 0.0161. The summed E-state index contributed by atoms with van der Waals surface area (Å²) in [6.45, 7) is 1.88. The highest BCUT2D eigenvalue weighted by atomic mass is 79.9. The van der Waals surface area contributed by atoms with E-state index in [0.29, 0.717) is 32.4 Å². The number of aromatic amines is 4. The van der Waals surface area contributed by atoms with E-state index in [1.54, 1.807) is 84.6 Å². The Bertz CT molecular complexity index is 5110. The molecule has 0 saturated carbocycles. The number of hydrogen-bond donors (Lipinski definition) is 4. The zero-order valence-corrected chi connectivity index (χ0v) is 49.6. The fourth-order valence-electron chi connectivity index (χ4n) is 9.86. The van der Waals surface area contributed by atoms with Gasteiger partial charge in [0.05, 0.1) is 82.7 Å². The number of pyridine rings is 7. The number of aromatic nitrogens is 15. The van der Waals surface area contributed by atoms with Crippen LogP contribution < -0.4 is 22.2 Å². The summed E-state index contributed by atoms with van der Waals surface area (Å²) < 4.78 is 8.87. The molecule has 19 nitrogen and oxygen atoms in total. The fourth-order valence-corrected chi connectivity index (χ4v) is 11.1. The van der Waals surface area contributed by atoms with Gasteiger partial charge in [-0.3, -0.25) is 69.5 Å². The van der Waals surface area contributed by atoms with Gasteiger partial charge in [-0.1, -0.05) is 83.7 Å². The van der Waals surface area contributed by atoms with Crippen molar-refractivity contribution in [2.45, 2.75) is 6.92 Å². The van der Waals surface area contributed by atoms with Gasteiger partial charge in [0.15, 0.2) is 5.82 Å². The molecular weight excluding hydrogens is 1290 g/mol. The van der Waals surface area contributed by atoms with E-state index in [1.807, 2.05) is 122 Å². The lowest BCUT2D eigenvalue weighted by Gasteiger charge is -2.01. The number of hydrogen-bond acceptors (Lipinski definition) is 11. The highest BCUT2D eigenvalue weighted by molar-refractivity contribution is 9.11. The molecule has 16 aromatic rings. The summed E-state index contributed by atoms with van der Waals surface area (Å²) in [5.74, 6) is 0.559. The third-order valence-electron chi connectivity index (χ3n) is 13.9. The molecule has 0 atom stereocenters. The van der Waals surface area contributed by atoms with Gasteiger partial charge < -0.3 is 0 Å². The SMILES string of the molecule is Cc1cc(-n2[nH]c3c(cnc4ccc(Cl)cc43)c2=O)ccn1.O=c1c2cnc3cc(Br)ccc3c2[nH]n1-c1ccccc1.O=c1c2cnc3cc(Br)ccc3c2[nH]n1-c1ccccn1.O=c1c2cnc3cc(Br)ccc3c2[nH]n1-c1ccncc1. The Hall–Kier alpha value is -10.0. The lowest BCUT2D eigenvalue weighted by Crippen LogP contribution is -2.15. The second-order valence-corrected chi connectivity index (χ2v) is 22.4. The lowest BCUT2D eigenvalue weighted by atomic mass is 10.2. The van der Waals surface area contributed by atoms with Crippen molar-refractivity contribution in [3.63, 3.8) is 0 Å². The molecule has 5 aromatic carbocycles. The van der Waals surface area contributed by atoms with Crippen LogP contribution in [-0.4, -0.2) is 74.0 Å². The highest BCUT2D eigenvalue weighted by Gasteiger charge is 2.17. The number of fused-ring (bicyclic) bond motifs is 12. The normalized spacial score (nSPS) is 11.3. The lowest BCUT2D eigenvalue weighted by molar-refractivity contribution is 0.832. The highest BCUT2D eigenvalue weighted by Crippen LogP contribution is 2.28. The van der Waals surface area contributed by atoms with E-state index in [2.05, 4.69) is 103 Å². The zero-order chi connectivity index (χ0) is 58.5. The van der Waals surface area contributed by atoms with Gasteiger partial charge in [-0.25, -0.2) is 23.7 Å². The summed E-state index contributed by atoms with van der Waals surface area (Å²) in [7, 11) is 0. The molecule has 0 radical (unpaired) electrons. The van der Waals surface area contributed by atoms with Crippen molar-refractivity contribution >= 4 is 147 Å². The molecule has 85 heavy (non-hydrogen) atoms. The van der Waals surface area contributed by atoms with Gasteiger partial charge in [0.25, 0.3) is 22.2 Å². The Morgan fingerprint density at radius 1 is 0.365 bits per heavy atom. The molecule has 0 aliphatic carbocycles. The summed E-state index contributed by atoms with van der Waals surface area (Å²) in [6.07, 6.45) is 13.1. The summed E-state index contributed by atoms with van der Waals surface area (Å²) in [5, 5.41) is 19.1. The second-order valence-electron chi connectivity index (χ2n) is 19.2. The van der Waals surface area contributed by atoms with Crippen molar-refractivity contribution in [2.24, 2.45) is 0 Å². The van der Waals surface area contributed by atoms with Crippen LogP contribution in [0, 0.1) is 6.92 Å². The molecule has 0 fully saturated rings. The molecule has 0 aliphatic heterocycles. The minimum absolute atomic E-state index is 0.0893. The molecule has 4 N–H and O–H groups in total. The first kappa shape index (κ1) is 54.3. The van der Waals surface area contributed by atoms with Crippen molar-refractivity contribution < 1.29 is 0 Å². The van der Waals surface area contributed by atoms with Gasteiger partial charge in [-0.15, -0.1) is 0 Å². The van der Waals surface area contributed by atoms with Crippen molar-refractivity contribution in [1.29, 1.82) is 0 Å². The number of para-hydroxylation sites is 1. The van der Waals surface area contributed by atoms with E-state index in [-0.39, 0.29) is 22.2 Å². The maximum absolute atomic E-state index is 12.6. The molecule has 11 heterocycles. The molecule has 23 heteroatoms. The van der Waals surface area contributed by atoms with E-state index >= 15 is 0 Å². The minimum atomic E-state index is -0.152. The van der Waals surface area contributed by atoms with Crippen LogP contribution in [-0.2, 0) is 0 Å². The van der Waals surface area contributed by atoms with E-state index in [0.717, 1.165) is 102 Å². The summed E-state index contributed by atoms with van der Waals surface area (Å²) in [4.78, 5) is 79.9. The quantitative estimate of drug-likeness (QED) is 0.129. The van der Waals surface area contributed by atoms with E-state index in [4.69, 9.17) is 11.6 Å². The first-order valence-electron chi connectivity index (χ1n) is 25.9. The van der Waals surface area contributed by atoms with Crippen molar-refractivity contribution in [3.8, 4) is 22.9 Å². The maximum Gasteiger partial charge on any atom is 0.282 e. The van der Waals surface area contributed by atoms with Gasteiger partial charge in [0.1, 0.15) is 0 Å². The van der Waals surface area contributed by atoms with Gasteiger partial charge in [-0.2, -0.15) is 0 Å². The molecule has 414 valence electrons. The molecule has 0 spiro atoms. The van der Waals surface area contributed by atoms with Crippen LogP contribution >= 0.6 is 59.4 Å². The minimum Gasteiger partial charge on any atom is -0.290 e. The van der Waals surface area contributed by atoms with E-state index in [9.17, 15) is 19.2 Å². The third-order valence-corrected chi connectivity index (χ3v) is 15.6. The number of nitrogens with one attached hydrogen (secondary N) is 4. The number of H-pyrrole nitrogens is 4. The first-order chi connectivity index (χ1) is 41.3. The zero-order valence-electron chi connectivity index (χ0n) is 44.0. The van der Waals surface area contributed by atoms with E-state index in [1.165, 1.54) is 14.0 Å². The van der Waals surface area contributed by atoms with Crippen LogP contribution in [0.25, 0.3) is 110 Å².